The summed E-state index contributed by atoms with van der Waals surface area (Å²) in [5.41, 5.74) is 1.72. The maximum atomic E-state index is 15.6. The van der Waals surface area contributed by atoms with Gasteiger partial charge in [-0.15, -0.1) is 0 Å². The van der Waals surface area contributed by atoms with E-state index in [0.717, 1.165) is 12.1 Å². The molecular weight excluding hydrogens is 571 g/mol. The molecule has 4 rings (SSSR count). The highest BCUT2D eigenvalue weighted by Gasteiger charge is 2.40. The lowest BCUT2D eigenvalue weighted by atomic mass is 9.85. The van der Waals surface area contributed by atoms with Crippen molar-refractivity contribution in [3.8, 4) is 16.9 Å². The Bertz CT molecular complexity index is 1510. The predicted octanol–water partition coefficient (Wildman–Crippen LogP) is 5.60. The normalized spacial score (nSPS) is 14.8. The Hall–Kier alpha value is -3.84. The second kappa shape index (κ2) is 11.0. The zero-order valence-corrected chi connectivity index (χ0v) is 21.1. The van der Waals surface area contributed by atoms with Gasteiger partial charge in [-0.1, -0.05) is 11.6 Å². The van der Waals surface area contributed by atoms with Gasteiger partial charge in [-0.05, 0) is 42.0 Å². The molecule has 212 valence electrons. The van der Waals surface area contributed by atoms with Crippen molar-refractivity contribution >= 4 is 23.4 Å². The number of nitrogens with two attached hydrogens (primary N) is 1. The van der Waals surface area contributed by atoms with E-state index in [1.807, 2.05) is 0 Å². The van der Waals surface area contributed by atoms with Gasteiger partial charge in [0.15, 0.2) is 0 Å². The molecule has 0 spiro atoms. The van der Waals surface area contributed by atoms with E-state index in [0.29, 0.717) is 6.07 Å². The van der Waals surface area contributed by atoms with Crippen LogP contribution >= 0.6 is 11.6 Å². The maximum Gasteiger partial charge on any atom is 0.416 e. The number of methoxy groups -OCH3 is 1. The number of primary amides is 1. The zero-order valence-electron chi connectivity index (χ0n) is 20.4. The molecule has 0 fully saturated rings. The van der Waals surface area contributed by atoms with E-state index in [2.05, 4.69) is 10.6 Å². The van der Waals surface area contributed by atoms with Crippen LogP contribution in [0.25, 0.3) is 11.1 Å². The molecule has 2 amide bonds. The molecule has 0 aromatic heterocycles. The number of carbonyl (C=O) groups excluding carboxylic acids is 2. The monoisotopic (exact) mass is 589 g/mol. The van der Waals surface area contributed by atoms with Crippen LogP contribution in [0.3, 0.4) is 0 Å². The number of ether oxygens (including phenoxy) is 1. The van der Waals surface area contributed by atoms with Gasteiger partial charge in [0.25, 0.3) is 12.3 Å². The van der Waals surface area contributed by atoms with Crippen LogP contribution in [-0.2, 0) is 12.7 Å². The van der Waals surface area contributed by atoms with Crippen molar-refractivity contribution in [2.75, 3.05) is 13.7 Å². The minimum Gasteiger partial charge on any atom is -0.496 e. The molecule has 3 aromatic carbocycles. The second-order valence-corrected chi connectivity index (χ2v) is 9.15. The third kappa shape index (κ3) is 5.43. The summed E-state index contributed by atoms with van der Waals surface area (Å²) in [5.74, 6) is -4.62. The molecule has 14 heteroatoms. The molecule has 0 saturated carbocycles. The first kappa shape index (κ1) is 29.2. The molecule has 3 aromatic rings. The Balaban J connectivity index is 2.10. The summed E-state index contributed by atoms with van der Waals surface area (Å²) < 4.78 is 101. The first-order chi connectivity index (χ1) is 18.7. The van der Waals surface area contributed by atoms with Gasteiger partial charge in [0.1, 0.15) is 17.4 Å². The number of nitrogens with one attached hydrogen (secondary N) is 2. The smallest absolute Gasteiger partial charge is 0.416 e. The highest BCUT2D eigenvalue weighted by molar-refractivity contribution is 6.31. The van der Waals surface area contributed by atoms with Gasteiger partial charge in [0, 0.05) is 33.8 Å². The van der Waals surface area contributed by atoms with E-state index in [1.54, 1.807) is 0 Å². The van der Waals surface area contributed by atoms with Crippen LogP contribution in [0.1, 0.15) is 49.0 Å². The van der Waals surface area contributed by atoms with Crippen LogP contribution in [0.4, 0.5) is 30.7 Å². The fraction of sp³-hybridized carbons (Fsp3) is 0.231. The summed E-state index contributed by atoms with van der Waals surface area (Å²) in [4.78, 5) is 25.5. The highest BCUT2D eigenvalue weighted by Crippen LogP contribution is 2.47. The first-order valence-electron chi connectivity index (χ1n) is 11.4. The lowest BCUT2D eigenvalue weighted by molar-refractivity contribution is -0.137. The Morgan fingerprint density at radius 2 is 1.85 bits per heavy atom. The SMILES string of the molecule is COc1c(CNCC(F)F)cc(-c2c(F)cc(C(F)(F)F)cc2C(N)=O)c2c1C(=O)NC2c1cc(F)ccc1Cl. The van der Waals surface area contributed by atoms with Crippen LogP contribution in [0, 0.1) is 11.6 Å². The van der Waals surface area contributed by atoms with Crippen molar-refractivity contribution in [1.82, 2.24) is 10.6 Å². The highest BCUT2D eigenvalue weighted by atomic mass is 35.5. The average Bonchev–Trinajstić information content (AvgIpc) is 3.20. The molecule has 0 aliphatic carbocycles. The summed E-state index contributed by atoms with van der Waals surface area (Å²) in [6.45, 7) is -1.12. The number of hydrogen-bond donors (Lipinski definition) is 3. The summed E-state index contributed by atoms with van der Waals surface area (Å²) in [6, 6.07) is 3.65. The van der Waals surface area contributed by atoms with Crippen LogP contribution in [-0.4, -0.2) is 31.9 Å². The van der Waals surface area contributed by atoms with Crippen LogP contribution in [0.2, 0.25) is 5.02 Å². The summed E-state index contributed by atoms with van der Waals surface area (Å²) in [7, 11) is 1.18. The van der Waals surface area contributed by atoms with Crippen molar-refractivity contribution in [3.05, 3.63) is 86.4 Å². The number of fused-ring (bicyclic) bond motifs is 1. The van der Waals surface area contributed by atoms with Crippen molar-refractivity contribution < 1.29 is 45.1 Å². The maximum absolute atomic E-state index is 15.6. The Labute approximate surface area is 227 Å². The molecule has 40 heavy (non-hydrogen) atoms. The minimum absolute atomic E-state index is 0.00795. The van der Waals surface area contributed by atoms with Gasteiger partial charge in [-0.3, -0.25) is 9.59 Å². The zero-order chi connectivity index (χ0) is 29.5. The second-order valence-electron chi connectivity index (χ2n) is 8.74. The molecule has 6 nitrogen and oxygen atoms in total. The number of rotatable bonds is 8. The Kier molecular flexibility index (Phi) is 7.99. The van der Waals surface area contributed by atoms with Gasteiger partial charge in [0.2, 0.25) is 5.91 Å². The van der Waals surface area contributed by atoms with Crippen molar-refractivity contribution in [2.45, 2.75) is 25.2 Å². The predicted molar refractivity (Wildman–Crippen MR) is 130 cm³/mol. The number of alkyl halides is 5. The van der Waals surface area contributed by atoms with Crippen molar-refractivity contribution in [1.29, 1.82) is 0 Å². The minimum atomic E-state index is -5.04. The molecule has 1 aliphatic heterocycles. The average molecular weight is 590 g/mol. The van der Waals surface area contributed by atoms with Gasteiger partial charge in [-0.25, -0.2) is 17.6 Å². The van der Waals surface area contributed by atoms with E-state index in [9.17, 15) is 35.9 Å². The number of amides is 2. The van der Waals surface area contributed by atoms with Crippen LogP contribution in [0.15, 0.2) is 36.4 Å². The molecule has 0 radical (unpaired) electrons. The lowest BCUT2D eigenvalue weighted by Crippen LogP contribution is -2.22. The standard InChI is InChI=1S/C26H19ClF7N3O3/c1-40-23-10(8-36-9-18(30)31)4-14(19-15(24(35)38)5-11(6-17(19)29)26(32,33)34)20-21(23)25(39)37-22(20)13-7-12(28)2-3-16(13)27/h2-7,18,22,36H,8-9H2,1H3,(H2,35,38)(H,37,39). The summed E-state index contributed by atoms with van der Waals surface area (Å²) >= 11 is 6.27. The van der Waals surface area contributed by atoms with Gasteiger partial charge < -0.3 is 21.1 Å². The fourth-order valence-corrected chi connectivity index (χ4v) is 4.86. The molecule has 1 atom stereocenters. The molecule has 1 aliphatic rings. The van der Waals surface area contributed by atoms with E-state index in [-0.39, 0.29) is 51.2 Å². The van der Waals surface area contributed by atoms with Crippen molar-refractivity contribution in [2.24, 2.45) is 5.73 Å². The molecule has 0 bridgehead atoms. The lowest BCUT2D eigenvalue weighted by Gasteiger charge is -2.22. The van der Waals surface area contributed by atoms with E-state index in [4.69, 9.17) is 22.1 Å². The molecule has 1 heterocycles. The third-order valence-corrected chi connectivity index (χ3v) is 6.57. The molecule has 1 unspecified atom stereocenters. The molecule has 0 saturated heterocycles. The van der Waals surface area contributed by atoms with Crippen LogP contribution < -0.4 is 21.1 Å². The number of carbonyl (C=O) groups is 2. The number of halogens is 8. The number of benzene rings is 3. The summed E-state index contributed by atoms with van der Waals surface area (Å²) in [6.07, 6.45) is -7.79. The quantitative estimate of drug-likeness (QED) is 0.298. The molecule has 4 N–H and O–H groups in total. The van der Waals surface area contributed by atoms with Gasteiger partial charge in [-0.2, -0.15) is 13.2 Å². The Morgan fingerprint density at radius 1 is 1.15 bits per heavy atom. The van der Waals surface area contributed by atoms with Gasteiger partial charge >= 0.3 is 6.18 Å². The topological polar surface area (TPSA) is 93.4 Å². The first-order valence-corrected chi connectivity index (χ1v) is 11.8. The fourth-order valence-electron chi connectivity index (χ4n) is 4.63. The van der Waals surface area contributed by atoms with E-state index >= 15 is 4.39 Å². The van der Waals surface area contributed by atoms with Crippen LogP contribution in [0.5, 0.6) is 5.75 Å². The largest absolute Gasteiger partial charge is 0.496 e. The third-order valence-electron chi connectivity index (χ3n) is 6.23. The number of hydrogen-bond acceptors (Lipinski definition) is 4. The van der Waals surface area contributed by atoms with Gasteiger partial charge in [0.05, 0.1) is 36.4 Å². The molecular formula is C26H19ClF7N3O3. The van der Waals surface area contributed by atoms with E-state index < -0.39 is 65.3 Å². The van der Waals surface area contributed by atoms with Crippen molar-refractivity contribution in [3.63, 3.8) is 0 Å². The Morgan fingerprint density at radius 3 is 2.45 bits per heavy atom. The summed E-state index contributed by atoms with van der Waals surface area (Å²) in [5, 5.41) is 4.98. The van der Waals surface area contributed by atoms with E-state index in [1.165, 1.54) is 19.2 Å².